The van der Waals surface area contributed by atoms with Crippen LogP contribution in [0.2, 0.25) is 10.0 Å². The number of benzene rings is 1. The van der Waals surface area contributed by atoms with Crippen LogP contribution >= 0.6 is 23.2 Å². The highest BCUT2D eigenvalue weighted by Crippen LogP contribution is 2.33. The van der Waals surface area contributed by atoms with E-state index in [0.29, 0.717) is 18.0 Å². The van der Waals surface area contributed by atoms with Gasteiger partial charge in [0.1, 0.15) is 4.90 Å². The highest BCUT2D eigenvalue weighted by molar-refractivity contribution is 7.89. The molecule has 0 saturated heterocycles. The zero-order valence-electron chi connectivity index (χ0n) is 11.1. The summed E-state index contributed by atoms with van der Waals surface area (Å²) in [5.41, 5.74) is 0.315. The van der Waals surface area contributed by atoms with E-state index in [1.807, 2.05) is 0 Å². The molecule has 0 atom stereocenters. The molecule has 1 N–H and O–H groups in total. The van der Waals surface area contributed by atoms with E-state index in [4.69, 9.17) is 23.2 Å². The largest absolute Gasteiger partial charge is 0.392 e. The predicted octanol–water partition coefficient (Wildman–Crippen LogP) is 2.91. The Bertz CT molecular complexity index is 600. The second-order valence-electron chi connectivity index (χ2n) is 5.12. The van der Waals surface area contributed by atoms with Crippen molar-refractivity contribution < 1.29 is 13.5 Å². The topological polar surface area (TPSA) is 57.6 Å². The number of hydrogen-bond acceptors (Lipinski definition) is 3. The van der Waals surface area contributed by atoms with Crippen molar-refractivity contribution in [2.24, 2.45) is 5.92 Å². The van der Waals surface area contributed by atoms with E-state index in [0.717, 1.165) is 19.3 Å². The van der Waals surface area contributed by atoms with E-state index >= 15 is 0 Å². The fourth-order valence-electron chi connectivity index (χ4n) is 2.23. The summed E-state index contributed by atoms with van der Waals surface area (Å²) in [6.45, 7) is 0.133. The average Bonchev–Trinajstić information content (AvgIpc) is 2.35. The Kier molecular flexibility index (Phi) is 4.97. The van der Waals surface area contributed by atoms with Crippen molar-refractivity contribution in [1.29, 1.82) is 0 Å². The number of hydrogen-bond donors (Lipinski definition) is 1. The maximum Gasteiger partial charge on any atom is 0.244 e. The normalized spacial score (nSPS) is 16.4. The van der Waals surface area contributed by atoms with Crippen LogP contribution in [0, 0.1) is 5.92 Å². The molecule has 0 spiro atoms. The number of rotatable bonds is 5. The van der Waals surface area contributed by atoms with Crippen LogP contribution in [0.5, 0.6) is 0 Å². The second kappa shape index (κ2) is 6.20. The molecule has 1 aromatic rings. The van der Waals surface area contributed by atoms with Gasteiger partial charge in [0, 0.05) is 18.6 Å². The third-order valence-corrected chi connectivity index (χ3v) is 6.30. The minimum atomic E-state index is -3.69. The molecule has 7 heteroatoms. The van der Waals surface area contributed by atoms with Gasteiger partial charge in [-0.25, -0.2) is 12.7 Å². The van der Waals surface area contributed by atoms with Gasteiger partial charge in [-0.05, 0) is 36.5 Å². The lowest BCUT2D eigenvalue weighted by Crippen LogP contribution is -2.34. The minimum Gasteiger partial charge on any atom is -0.392 e. The SMILES string of the molecule is CN(CC1CCC1)S(=O)(=O)c1cc(Cl)cc(CO)c1Cl. The number of aliphatic hydroxyl groups excluding tert-OH is 1. The van der Waals surface area contributed by atoms with Crippen molar-refractivity contribution in [3.8, 4) is 0 Å². The maximum absolute atomic E-state index is 12.6. The molecule has 1 fully saturated rings. The Morgan fingerprint density at radius 1 is 1.35 bits per heavy atom. The quantitative estimate of drug-likeness (QED) is 0.898. The van der Waals surface area contributed by atoms with E-state index < -0.39 is 10.0 Å². The minimum absolute atomic E-state index is 0.0392. The van der Waals surface area contributed by atoms with Crippen molar-refractivity contribution in [1.82, 2.24) is 4.31 Å². The van der Waals surface area contributed by atoms with Crippen LogP contribution in [0.1, 0.15) is 24.8 Å². The lowest BCUT2D eigenvalue weighted by molar-refractivity contribution is 0.263. The summed E-state index contributed by atoms with van der Waals surface area (Å²) in [4.78, 5) is -0.0439. The lowest BCUT2D eigenvalue weighted by Gasteiger charge is -2.30. The summed E-state index contributed by atoms with van der Waals surface area (Å²) >= 11 is 12.0. The Hall–Kier alpha value is -0.330. The standard InChI is InChI=1S/C13H17Cl2NO3S/c1-16(7-9-3-2-4-9)20(18,19)12-6-11(14)5-10(8-17)13(12)15/h5-6,9,17H,2-4,7-8H2,1H3. The van der Waals surface area contributed by atoms with Crippen LogP contribution in [0.25, 0.3) is 0 Å². The van der Waals surface area contributed by atoms with Crippen molar-refractivity contribution in [2.75, 3.05) is 13.6 Å². The number of nitrogens with zero attached hydrogens (tertiary/aromatic N) is 1. The molecule has 1 aliphatic carbocycles. The Labute approximate surface area is 129 Å². The molecule has 0 heterocycles. The van der Waals surface area contributed by atoms with Crippen molar-refractivity contribution >= 4 is 33.2 Å². The highest BCUT2D eigenvalue weighted by atomic mass is 35.5. The van der Waals surface area contributed by atoms with Gasteiger partial charge in [0.05, 0.1) is 11.6 Å². The first kappa shape index (κ1) is 16.0. The molecule has 1 aliphatic rings. The van der Waals surface area contributed by atoms with Gasteiger partial charge in [0.25, 0.3) is 0 Å². The third-order valence-electron chi connectivity index (χ3n) is 3.68. The van der Waals surface area contributed by atoms with E-state index in [1.54, 1.807) is 7.05 Å². The van der Waals surface area contributed by atoms with Gasteiger partial charge in [-0.1, -0.05) is 29.6 Å². The lowest BCUT2D eigenvalue weighted by atomic mass is 9.86. The van der Waals surface area contributed by atoms with Gasteiger partial charge < -0.3 is 5.11 Å². The van der Waals surface area contributed by atoms with Crippen molar-refractivity contribution in [2.45, 2.75) is 30.8 Å². The van der Waals surface area contributed by atoms with E-state index in [2.05, 4.69) is 0 Å². The molecular weight excluding hydrogens is 321 g/mol. The molecule has 2 rings (SSSR count). The number of sulfonamides is 1. The molecule has 4 nitrogen and oxygen atoms in total. The monoisotopic (exact) mass is 337 g/mol. The van der Waals surface area contributed by atoms with Crippen LogP contribution in [0.4, 0.5) is 0 Å². The molecule has 20 heavy (non-hydrogen) atoms. The van der Waals surface area contributed by atoms with Gasteiger partial charge in [-0.2, -0.15) is 0 Å². The molecule has 0 aliphatic heterocycles. The zero-order chi connectivity index (χ0) is 14.9. The van der Waals surface area contributed by atoms with E-state index in [1.165, 1.54) is 16.4 Å². The average molecular weight is 338 g/mol. The molecule has 0 radical (unpaired) electrons. The molecule has 0 amide bonds. The molecule has 112 valence electrons. The fraction of sp³-hybridized carbons (Fsp3) is 0.538. The summed E-state index contributed by atoms with van der Waals surface area (Å²) in [7, 11) is -2.15. The van der Waals surface area contributed by atoms with Crippen LogP contribution in [0.3, 0.4) is 0 Å². The van der Waals surface area contributed by atoms with Crippen LogP contribution < -0.4 is 0 Å². The Morgan fingerprint density at radius 3 is 2.50 bits per heavy atom. The summed E-state index contributed by atoms with van der Waals surface area (Å²) in [5.74, 6) is 0.421. The Morgan fingerprint density at radius 2 is 2.00 bits per heavy atom. The van der Waals surface area contributed by atoms with Gasteiger partial charge >= 0.3 is 0 Å². The highest BCUT2D eigenvalue weighted by Gasteiger charge is 2.29. The van der Waals surface area contributed by atoms with Gasteiger partial charge in [-0.3, -0.25) is 0 Å². The third kappa shape index (κ3) is 3.12. The summed E-state index contributed by atoms with van der Waals surface area (Å²) in [6, 6.07) is 2.80. The van der Waals surface area contributed by atoms with Crippen LogP contribution in [0.15, 0.2) is 17.0 Å². The fourth-order valence-corrected chi connectivity index (χ4v) is 4.37. The van der Waals surface area contributed by atoms with Gasteiger partial charge in [-0.15, -0.1) is 0 Å². The number of halogens is 2. The smallest absolute Gasteiger partial charge is 0.244 e. The summed E-state index contributed by atoms with van der Waals surface area (Å²) in [6.07, 6.45) is 3.28. The Balaban J connectivity index is 2.35. The molecular formula is C13H17Cl2NO3S. The molecule has 0 bridgehead atoms. The molecule has 0 unspecified atom stereocenters. The van der Waals surface area contributed by atoms with Crippen molar-refractivity contribution in [3.63, 3.8) is 0 Å². The maximum atomic E-state index is 12.6. The summed E-state index contributed by atoms with van der Waals surface area (Å²) < 4.78 is 26.4. The summed E-state index contributed by atoms with van der Waals surface area (Å²) in [5, 5.41) is 9.50. The van der Waals surface area contributed by atoms with Crippen LogP contribution in [-0.4, -0.2) is 31.4 Å². The van der Waals surface area contributed by atoms with E-state index in [-0.39, 0.29) is 21.5 Å². The molecule has 0 aromatic heterocycles. The first-order valence-corrected chi connectivity index (χ1v) is 8.61. The van der Waals surface area contributed by atoms with Crippen LogP contribution in [-0.2, 0) is 16.6 Å². The van der Waals surface area contributed by atoms with E-state index in [9.17, 15) is 13.5 Å². The predicted molar refractivity (Wildman–Crippen MR) is 79.5 cm³/mol. The van der Waals surface area contributed by atoms with Crippen molar-refractivity contribution in [3.05, 3.63) is 27.7 Å². The first-order valence-electron chi connectivity index (χ1n) is 6.41. The molecule has 1 aromatic carbocycles. The molecule has 1 saturated carbocycles. The number of aliphatic hydroxyl groups is 1. The second-order valence-corrected chi connectivity index (χ2v) is 7.95. The first-order chi connectivity index (χ1) is 9.36. The zero-order valence-corrected chi connectivity index (χ0v) is 13.5. The van der Waals surface area contributed by atoms with Gasteiger partial charge in [0.2, 0.25) is 10.0 Å². The van der Waals surface area contributed by atoms with Gasteiger partial charge in [0.15, 0.2) is 0 Å².